The van der Waals surface area contributed by atoms with Gasteiger partial charge in [0.1, 0.15) is 0 Å². The topological polar surface area (TPSA) is 34.1 Å². The smallest absolute Gasteiger partial charge is 0.216 e. The van der Waals surface area contributed by atoms with E-state index >= 15 is 0 Å². The van der Waals surface area contributed by atoms with Gasteiger partial charge in [0, 0.05) is 16.2 Å². The first-order valence-corrected chi connectivity index (χ1v) is 7.00. The summed E-state index contributed by atoms with van der Waals surface area (Å²) in [6.07, 6.45) is 5.51. The Morgan fingerprint density at radius 2 is 2.47 bits per heavy atom. The van der Waals surface area contributed by atoms with Crippen molar-refractivity contribution in [3.8, 4) is 5.88 Å². The molecule has 1 aromatic rings. The number of nitrogens with zero attached hydrogens (tertiary/aromatic N) is 1. The number of halogens is 1. The average molecular weight is 299 g/mol. The fourth-order valence-corrected chi connectivity index (χ4v) is 2.62. The number of rotatable bonds is 4. The van der Waals surface area contributed by atoms with E-state index in [1.165, 1.54) is 19.4 Å². The zero-order chi connectivity index (χ0) is 12.1. The molecule has 0 bridgehead atoms. The first kappa shape index (κ1) is 12.8. The third-order valence-electron chi connectivity index (χ3n) is 3.16. The maximum atomic E-state index is 5.73. The number of hydrogen-bond donors (Lipinski definition) is 1. The van der Waals surface area contributed by atoms with Crippen LogP contribution in [-0.2, 0) is 0 Å². The standard InChI is InChI=1S/C13H19BrN2O/c1-10-7-12(14)9-16-13(10)17-6-4-11-3-2-5-15-8-11/h7,9,11,15H,2-6,8H2,1H3. The van der Waals surface area contributed by atoms with Gasteiger partial charge in [-0.3, -0.25) is 0 Å². The summed E-state index contributed by atoms with van der Waals surface area (Å²) in [6.45, 7) is 5.10. The minimum absolute atomic E-state index is 0.761. The first-order chi connectivity index (χ1) is 8.25. The molecule has 1 fully saturated rings. The molecule has 1 atom stereocenters. The highest BCUT2D eigenvalue weighted by Crippen LogP contribution is 2.20. The molecule has 17 heavy (non-hydrogen) atoms. The van der Waals surface area contributed by atoms with Crippen LogP contribution in [0.3, 0.4) is 0 Å². The van der Waals surface area contributed by atoms with Crippen LogP contribution >= 0.6 is 15.9 Å². The van der Waals surface area contributed by atoms with Crippen molar-refractivity contribution in [1.82, 2.24) is 10.3 Å². The molecule has 94 valence electrons. The third-order valence-corrected chi connectivity index (χ3v) is 3.59. The van der Waals surface area contributed by atoms with Gasteiger partial charge >= 0.3 is 0 Å². The molecule has 1 unspecified atom stereocenters. The van der Waals surface area contributed by atoms with Crippen molar-refractivity contribution in [2.75, 3.05) is 19.7 Å². The number of hydrogen-bond acceptors (Lipinski definition) is 3. The number of nitrogens with one attached hydrogen (secondary N) is 1. The van der Waals surface area contributed by atoms with Crippen LogP contribution in [0.25, 0.3) is 0 Å². The molecule has 2 rings (SSSR count). The Hall–Kier alpha value is -0.610. The molecule has 0 spiro atoms. The predicted molar refractivity (Wildman–Crippen MR) is 72.4 cm³/mol. The van der Waals surface area contributed by atoms with E-state index in [2.05, 4.69) is 26.2 Å². The van der Waals surface area contributed by atoms with Gasteiger partial charge in [-0.25, -0.2) is 4.98 Å². The van der Waals surface area contributed by atoms with Gasteiger partial charge in [0.25, 0.3) is 0 Å². The Morgan fingerprint density at radius 1 is 1.59 bits per heavy atom. The van der Waals surface area contributed by atoms with E-state index < -0.39 is 0 Å². The molecule has 1 aliphatic heterocycles. The Kier molecular flexibility index (Phi) is 4.80. The largest absolute Gasteiger partial charge is 0.477 e. The van der Waals surface area contributed by atoms with Crippen LogP contribution in [0.5, 0.6) is 5.88 Å². The summed E-state index contributed by atoms with van der Waals surface area (Å²) >= 11 is 3.40. The zero-order valence-electron chi connectivity index (χ0n) is 10.2. The summed E-state index contributed by atoms with van der Waals surface area (Å²) in [5.74, 6) is 1.52. The molecule has 1 N–H and O–H groups in total. The number of pyridine rings is 1. The van der Waals surface area contributed by atoms with Crippen molar-refractivity contribution in [3.63, 3.8) is 0 Å². The average Bonchev–Trinajstić information content (AvgIpc) is 2.33. The van der Waals surface area contributed by atoms with Gasteiger partial charge in [0.15, 0.2) is 0 Å². The van der Waals surface area contributed by atoms with E-state index in [1.807, 2.05) is 13.0 Å². The monoisotopic (exact) mass is 298 g/mol. The minimum Gasteiger partial charge on any atom is -0.477 e. The highest BCUT2D eigenvalue weighted by Gasteiger charge is 2.13. The van der Waals surface area contributed by atoms with Crippen molar-refractivity contribution in [2.45, 2.75) is 26.2 Å². The van der Waals surface area contributed by atoms with Gasteiger partial charge in [-0.05, 0) is 67.2 Å². The lowest BCUT2D eigenvalue weighted by Crippen LogP contribution is -2.30. The molecule has 3 nitrogen and oxygen atoms in total. The number of aryl methyl sites for hydroxylation is 1. The van der Waals surface area contributed by atoms with E-state index in [-0.39, 0.29) is 0 Å². The normalized spacial score (nSPS) is 20.2. The second-order valence-electron chi connectivity index (χ2n) is 4.63. The molecule has 0 saturated carbocycles. The number of ether oxygens (including phenoxy) is 1. The van der Waals surface area contributed by atoms with Gasteiger partial charge in [-0.2, -0.15) is 0 Å². The summed E-state index contributed by atoms with van der Waals surface area (Å²) in [5, 5.41) is 3.42. The Labute approximate surface area is 111 Å². The van der Waals surface area contributed by atoms with Crippen molar-refractivity contribution < 1.29 is 4.74 Å². The molecule has 4 heteroatoms. The lowest BCUT2D eigenvalue weighted by atomic mass is 9.97. The zero-order valence-corrected chi connectivity index (χ0v) is 11.8. The lowest BCUT2D eigenvalue weighted by molar-refractivity contribution is 0.246. The van der Waals surface area contributed by atoms with Crippen molar-refractivity contribution in [3.05, 3.63) is 22.3 Å². The Morgan fingerprint density at radius 3 is 3.18 bits per heavy atom. The molecule has 1 saturated heterocycles. The van der Waals surface area contributed by atoms with Crippen LogP contribution in [0.15, 0.2) is 16.7 Å². The Bertz CT molecular complexity index is 364. The van der Waals surface area contributed by atoms with E-state index in [0.717, 1.165) is 41.4 Å². The van der Waals surface area contributed by atoms with Crippen LogP contribution < -0.4 is 10.1 Å². The van der Waals surface area contributed by atoms with E-state index in [4.69, 9.17) is 4.74 Å². The van der Waals surface area contributed by atoms with Gasteiger partial charge in [-0.1, -0.05) is 0 Å². The van der Waals surface area contributed by atoms with E-state index in [9.17, 15) is 0 Å². The van der Waals surface area contributed by atoms with Gasteiger partial charge in [-0.15, -0.1) is 0 Å². The molecule has 0 amide bonds. The maximum Gasteiger partial charge on any atom is 0.216 e. The summed E-state index contributed by atoms with van der Waals surface area (Å²) in [5.41, 5.74) is 1.08. The van der Waals surface area contributed by atoms with Crippen LogP contribution in [-0.4, -0.2) is 24.7 Å². The van der Waals surface area contributed by atoms with Crippen LogP contribution in [0.4, 0.5) is 0 Å². The quantitative estimate of drug-likeness (QED) is 0.928. The van der Waals surface area contributed by atoms with Gasteiger partial charge in [0.2, 0.25) is 5.88 Å². The van der Waals surface area contributed by atoms with Crippen LogP contribution in [0, 0.1) is 12.8 Å². The highest BCUT2D eigenvalue weighted by atomic mass is 79.9. The van der Waals surface area contributed by atoms with Gasteiger partial charge in [0.05, 0.1) is 6.61 Å². The van der Waals surface area contributed by atoms with Gasteiger partial charge < -0.3 is 10.1 Å². The summed E-state index contributed by atoms with van der Waals surface area (Å²) < 4.78 is 6.73. The third kappa shape index (κ3) is 3.96. The molecule has 0 aliphatic carbocycles. The molecule has 0 radical (unpaired) electrons. The summed E-state index contributed by atoms with van der Waals surface area (Å²) in [6, 6.07) is 2.03. The van der Waals surface area contributed by atoms with Crippen LogP contribution in [0.1, 0.15) is 24.8 Å². The maximum absolute atomic E-state index is 5.73. The summed E-state index contributed by atoms with van der Waals surface area (Å²) in [4.78, 5) is 4.28. The SMILES string of the molecule is Cc1cc(Br)cnc1OCCC1CCCNC1. The molecule has 2 heterocycles. The fourth-order valence-electron chi connectivity index (χ4n) is 2.17. The predicted octanol–water partition coefficient (Wildman–Crippen LogP) is 2.92. The molecule has 1 aromatic heterocycles. The van der Waals surface area contributed by atoms with Crippen LogP contribution in [0.2, 0.25) is 0 Å². The van der Waals surface area contributed by atoms with E-state index in [1.54, 1.807) is 6.20 Å². The second-order valence-corrected chi connectivity index (χ2v) is 5.54. The molecule has 1 aliphatic rings. The van der Waals surface area contributed by atoms with Crippen molar-refractivity contribution in [2.24, 2.45) is 5.92 Å². The summed E-state index contributed by atoms with van der Waals surface area (Å²) in [7, 11) is 0. The second kappa shape index (κ2) is 6.36. The fraction of sp³-hybridized carbons (Fsp3) is 0.615. The van der Waals surface area contributed by atoms with Crippen molar-refractivity contribution in [1.29, 1.82) is 0 Å². The molecular weight excluding hydrogens is 280 g/mol. The van der Waals surface area contributed by atoms with E-state index in [0.29, 0.717) is 0 Å². The highest BCUT2D eigenvalue weighted by molar-refractivity contribution is 9.10. The first-order valence-electron chi connectivity index (χ1n) is 6.21. The molecular formula is C13H19BrN2O. The lowest BCUT2D eigenvalue weighted by Gasteiger charge is -2.22. The molecule has 0 aromatic carbocycles. The minimum atomic E-state index is 0.761. The number of aromatic nitrogens is 1. The number of piperidine rings is 1. The Balaban J connectivity index is 1.77. The van der Waals surface area contributed by atoms with Crippen molar-refractivity contribution >= 4 is 15.9 Å².